The van der Waals surface area contributed by atoms with Gasteiger partial charge in [0.05, 0.1) is 11.9 Å². The summed E-state index contributed by atoms with van der Waals surface area (Å²) in [5, 5.41) is 35.2. The maximum absolute atomic E-state index is 9.89. The van der Waals surface area contributed by atoms with Crippen molar-refractivity contribution in [2.24, 2.45) is 16.0 Å². The van der Waals surface area contributed by atoms with Gasteiger partial charge in [0.25, 0.3) is 0 Å². The Morgan fingerprint density at radius 3 is 2.68 bits per heavy atom. The van der Waals surface area contributed by atoms with Crippen molar-refractivity contribution in [1.29, 1.82) is 0 Å². The van der Waals surface area contributed by atoms with Crippen LogP contribution in [-0.2, 0) is 0 Å². The molecule has 0 aliphatic heterocycles. The van der Waals surface area contributed by atoms with E-state index in [1.807, 2.05) is 12.3 Å². The average molecular weight is 361 g/mol. The zero-order chi connectivity index (χ0) is 17.8. The Kier molecular flexibility index (Phi) is 5.43. The normalized spacial score (nSPS) is 16.8. The molecule has 1 fully saturated rings. The van der Waals surface area contributed by atoms with Crippen LogP contribution in [0.3, 0.4) is 0 Å². The van der Waals surface area contributed by atoms with Crippen LogP contribution in [-0.4, -0.2) is 32.8 Å². The lowest BCUT2D eigenvalue weighted by Gasteiger charge is -2.18. The first-order valence-electron chi connectivity index (χ1n) is 8.52. The van der Waals surface area contributed by atoms with Crippen LogP contribution in [0, 0.1) is 12.8 Å². The number of aromatic hydroxyl groups is 3. The number of hydrogen-bond acceptors (Lipinski definition) is 6. The van der Waals surface area contributed by atoms with Crippen LogP contribution in [0.15, 0.2) is 27.6 Å². The van der Waals surface area contributed by atoms with E-state index in [-0.39, 0.29) is 5.75 Å². The minimum Gasteiger partial charge on any atom is -0.504 e. The Labute approximate surface area is 150 Å². The molecule has 25 heavy (non-hydrogen) atoms. The summed E-state index contributed by atoms with van der Waals surface area (Å²) in [5.41, 5.74) is 1.28. The topological polar surface area (TPSA) is 90.3 Å². The molecule has 0 unspecified atom stereocenters. The standard InChI is InChI=1S/C18H23N3O3S/c1-12-11-25-18(19-9-13-5-3-2-4-6-13)21(12)20-10-14-7-8-15(22)17(24)16(14)23/h7-8,10-11,13,22-24H,2-6,9H2,1H3. The van der Waals surface area contributed by atoms with E-state index >= 15 is 0 Å². The Balaban J connectivity index is 1.83. The van der Waals surface area contributed by atoms with Gasteiger partial charge in [0.1, 0.15) is 0 Å². The van der Waals surface area contributed by atoms with Crippen molar-refractivity contribution in [1.82, 2.24) is 4.68 Å². The molecule has 1 aromatic heterocycles. The minimum atomic E-state index is -0.543. The number of rotatable bonds is 4. The highest BCUT2D eigenvalue weighted by Gasteiger charge is 2.13. The van der Waals surface area contributed by atoms with Crippen molar-refractivity contribution in [2.75, 3.05) is 6.54 Å². The maximum atomic E-state index is 9.89. The molecule has 1 aliphatic rings. The number of thiazole rings is 1. The van der Waals surface area contributed by atoms with Crippen LogP contribution < -0.4 is 4.80 Å². The van der Waals surface area contributed by atoms with Gasteiger partial charge in [0, 0.05) is 17.5 Å². The Morgan fingerprint density at radius 1 is 1.16 bits per heavy atom. The summed E-state index contributed by atoms with van der Waals surface area (Å²) in [6.07, 6.45) is 7.88. The number of aromatic nitrogens is 1. The molecular formula is C18H23N3O3S. The van der Waals surface area contributed by atoms with Gasteiger partial charge < -0.3 is 15.3 Å². The van der Waals surface area contributed by atoms with Gasteiger partial charge in [-0.1, -0.05) is 19.3 Å². The molecule has 0 spiro atoms. The molecule has 0 amide bonds. The van der Waals surface area contributed by atoms with Crippen LogP contribution in [0.25, 0.3) is 0 Å². The molecule has 1 aliphatic carbocycles. The molecule has 134 valence electrons. The molecule has 1 aromatic carbocycles. The van der Waals surface area contributed by atoms with Gasteiger partial charge in [0.2, 0.25) is 10.6 Å². The van der Waals surface area contributed by atoms with Gasteiger partial charge in [-0.25, -0.2) is 4.68 Å². The molecule has 3 rings (SSSR count). The van der Waals surface area contributed by atoms with Crippen molar-refractivity contribution in [3.8, 4) is 17.2 Å². The zero-order valence-electron chi connectivity index (χ0n) is 14.2. The predicted molar refractivity (Wildman–Crippen MR) is 98.5 cm³/mol. The molecule has 6 nitrogen and oxygen atoms in total. The third-order valence-electron chi connectivity index (χ3n) is 4.53. The number of hydrogen-bond donors (Lipinski definition) is 3. The minimum absolute atomic E-state index is 0.326. The van der Waals surface area contributed by atoms with Crippen molar-refractivity contribution in [2.45, 2.75) is 39.0 Å². The van der Waals surface area contributed by atoms with Crippen LogP contribution in [0.1, 0.15) is 43.4 Å². The molecule has 0 atom stereocenters. The van der Waals surface area contributed by atoms with Gasteiger partial charge >= 0.3 is 0 Å². The van der Waals surface area contributed by atoms with Crippen LogP contribution in [0.4, 0.5) is 0 Å². The quantitative estimate of drug-likeness (QED) is 0.576. The highest BCUT2D eigenvalue weighted by atomic mass is 32.1. The van der Waals surface area contributed by atoms with Gasteiger partial charge in [-0.2, -0.15) is 5.10 Å². The Bertz CT molecular complexity index is 833. The van der Waals surface area contributed by atoms with E-state index in [9.17, 15) is 15.3 Å². The van der Waals surface area contributed by atoms with Gasteiger partial charge in [-0.3, -0.25) is 4.99 Å². The first kappa shape index (κ1) is 17.5. The fourth-order valence-electron chi connectivity index (χ4n) is 3.02. The number of nitrogens with zero attached hydrogens (tertiary/aromatic N) is 3. The highest BCUT2D eigenvalue weighted by molar-refractivity contribution is 7.07. The van der Waals surface area contributed by atoms with E-state index < -0.39 is 11.5 Å². The third-order valence-corrected chi connectivity index (χ3v) is 5.50. The second-order valence-corrected chi connectivity index (χ2v) is 7.27. The summed E-state index contributed by atoms with van der Waals surface area (Å²) in [4.78, 5) is 5.55. The van der Waals surface area contributed by atoms with E-state index in [0.29, 0.717) is 11.5 Å². The lowest BCUT2D eigenvalue weighted by molar-refractivity contribution is 0.364. The predicted octanol–water partition coefficient (Wildman–Crippen LogP) is 3.34. The number of phenolic OH excluding ortho intramolecular Hbond substituents is 3. The zero-order valence-corrected chi connectivity index (χ0v) is 15.0. The highest BCUT2D eigenvalue weighted by Crippen LogP contribution is 2.36. The molecule has 3 N–H and O–H groups in total. The van der Waals surface area contributed by atoms with Gasteiger partial charge in [-0.05, 0) is 37.8 Å². The lowest BCUT2D eigenvalue weighted by Crippen LogP contribution is -2.16. The SMILES string of the molecule is Cc1csc(=NCC2CCCCC2)n1N=Cc1ccc(O)c(O)c1O. The third kappa shape index (κ3) is 4.04. The van der Waals surface area contributed by atoms with Crippen molar-refractivity contribution < 1.29 is 15.3 Å². The van der Waals surface area contributed by atoms with E-state index in [1.165, 1.54) is 50.5 Å². The molecule has 0 bridgehead atoms. The molecule has 1 heterocycles. The Morgan fingerprint density at radius 2 is 1.92 bits per heavy atom. The van der Waals surface area contributed by atoms with Crippen LogP contribution >= 0.6 is 11.3 Å². The van der Waals surface area contributed by atoms with E-state index in [0.717, 1.165) is 17.0 Å². The van der Waals surface area contributed by atoms with Crippen molar-refractivity contribution in [3.05, 3.63) is 33.6 Å². The molecule has 2 aromatic rings. The fourth-order valence-corrected chi connectivity index (χ4v) is 3.83. The molecule has 0 saturated heterocycles. The molecule has 0 radical (unpaired) electrons. The second-order valence-electron chi connectivity index (χ2n) is 6.43. The molecule has 7 heteroatoms. The fraction of sp³-hybridized carbons (Fsp3) is 0.444. The first-order chi connectivity index (χ1) is 12.1. The second kappa shape index (κ2) is 7.74. The average Bonchev–Trinajstić information content (AvgIpc) is 2.98. The van der Waals surface area contributed by atoms with Gasteiger partial charge in [-0.15, -0.1) is 11.3 Å². The van der Waals surface area contributed by atoms with Crippen molar-refractivity contribution in [3.63, 3.8) is 0 Å². The van der Waals surface area contributed by atoms with E-state index in [1.54, 1.807) is 16.0 Å². The van der Waals surface area contributed by atoms with E-state index in [2.05, 4.69) is 5.10 Å². The maximum Gasteiger partial charge on any atom is 0.205 e. The summed E-state index contributed by atoms with van der Waals surface area (Å²) in [7, 11) is 0. The summed E-state index contributed by atoms with van der Waals surface area (Å²) in [6, 6.07) is 2.81. The summed E-state index contributed by atoms with van der Waals surface area (Å²) in [5.74, 6) is -0.639. The smallest absolute Gasteiger partial charge is 0.205 e. The van der Waals surface area contributed by atoms with Crippen LogP contribution in [0.2, 0.25) is 0 Å². The largest absolute Gasteiger partial charge is 0.504 e. The first-order valence-corrected chi connectivity index (χ1v) is 9.40. The molecular weight excluding hydrogens is 338 g/mol. The van der Waals surface area contributed by atoms with E-state index in [4.69, 9.17) is 4.99 Å². The van der Waals surface area contributed by atoms with Gasteiger partial charge in [0.15, 0.2) is 11.5 Å². The lowest BCUT2D eigenvalue weighted by atomic mass is 9.89. The number of benzene rings is 1. The summed E-state index contributed by atoms with van der Waals surface area (Å²) in [6.45, 7) is 2.77. The summed E-state index contributed by atoms with van der Waals surface area (Å²) >= 11 is 1.54. The monoisotopic (exact) mass is 361 g/mol. The Hall–Kier alpha value is -2.28. The number of aryl methyl sites for hydroxylation is 1. The number of phenols is 3. The van der Waals surface area contributed by atoms with Crippen molar-refractivity contribution >= 4 is 17.6 Å². The molecule has 1 saturated carbocycles. The van der Waals surface area contributed by atoms with Crippen LogP contribution in [0.5, 0.6) is 17.2 Å². The summed E-state index contributed by atoms with van der Waals surface area (Å²) < 4.78 is 1.73.